The maximum Gasteiger partial charge on any atom is 0.184 e. The lowest BCUT2D eigenvalue weighted by Gasteiger charge is -2.51. The van der Waals surface area contributed by atoms with Crippen LogP contribution in [0.3, 0.4) is 0 Å². The Morgan fingerprint density at radius 3 is 2.95 bits per heavy atom. The molecular weight excluding hydrogens is 324 g/mol. The van der Waals surface area contributed by atoms with E-state index in [-0.39, 0.29) is 5.41 Å². The van der Waals surface area contributed by atoms with Crippen LogP contribution in [-0.2, 0) is 4.74 Å². The number of ether oxygens (including phenoxy) is 1. The molecule has 1 aromatic heterocycles. The van der Waals surface area contributed by atoms with Gasteiger partial charge in [-0.2, -0.15) is 0 Å². The molecule has 1 heterocycles. The van der Waals surface area contributed by atoms with E-state index in [4.69, 9.17) is 4.74 Å². The summed E-state index contributed by atoms with van der Waals surface area (Å²) in [6.45, 7) is 4.48. The first-order valence-electron chi connectivity index (χ1n) is 6.36. The number of nitrogens with one attached hydrogen (secondary N) is 1. The molecule has 1 fully saturated rings. The van der Waals surface area contributed by atoms with Crippen molar-refractivity contribution >= 4 is 42.6 Å². The minimum Gasteiger partial charge on any atom is -0.381 e. The molecule has 2 aromatic rings. The molecule has 1 aliphatic rings. The van der Waals surface area contributed by atoms with Gasteiger partial charge in [-0.3, -0.25) is 0 Å². The maximum absolute atomic E-state index is 5.48. The van der Waals surface area contributed by atoms with Crippen molar-refractivity contribution in [2.75, 3.05) is 12.4 Å². The van der Waals surface area contributed by atoms with Gasteiger partial charge in [-0.15, -0.1) is 0 Å². The summed E-state index contributed by atoms with van der Waals surface area (Å²) >= 11 is 5.20. The number of aromatic nitrogens is 1. The molecule has 1 aliphatic carbocycles. The van der Waals surface area contributed by atoms with E-state index in [1.165, 1.54) is 4.70 Å². The predicted molar refractivity (Wildman–Crippen MR) is 83.9 cm³/mol. The van der Waals surface area contributed by atoms with E-state index < -0.39 is 0 Å². The average molecular weight is 341 g/mol. The van der Waals surface area contributed by atoms with Crippen LogP contribution in [0.15, 0.2) is 22.7 Å². The highest BCUT2D eigenvalue weighted by Crippen LogP contribution is 2.44. The van der Waals surface area contributed by atoms with Gasteiger partial charge in [0.25, 0.3) is 0 Å². The zero-order valence-electron chi connectivity index (χ0n) is 11.2. The molecule has 0 spiro atoms. The molecule has 0 radical (unpaired) electrons. The third kappa shape index (κ3) is 2.28. The largest absolute Gasteiger partial charge is 0.381 e. The topological polar surface area (TPSA) is 34.1 Å². The third-order valence-electron chi connectivity index (χ3n) is 4.11. The van der Waals surface area contributed by atoms with Gasteiger partial charge in [0.05, 0.1) is 16.3 Å². The fraction of sp³-hybridized carbons (Fsp3) is 0.500. The standard InChI is InChI=1S/C14H17BrN2OS/c1-14(2)11(7-12(14)18-3)17-13-16-9-5-4-8(15)6-10(9)19-13/h4-6,11-12H,7H2,1-3H3,(H,16,17). The van der Waals surface area contributed by atoms with Crippen molar-refractivity contribution in [1.82, 2.24) is 4.98 Å². The van der Waals surface area contributed by atoms with E-state index in [2.05, 4.69) is 46.1 Å². The van der Waals surface area contributed by atoms with Gasteiger partial charge in [0, 0.05) is 23.0 Å². The quantitative estimate of drug-likeness (QED) is 0.905. The molecule has 1 saturated carbocycles. The van der Waals surface area contributed by atoms with Gasteiger partial charge >= 0.3 is 0 Å². The average Bonchev–Trinajstić information content (AvgIpc) is 2.75. The summed E-state index contributed by atoms with van der Waals surface area (Å²) < 4.78 is 7.78. The van der Waals surface area contributed by atoms with Gasteiger partial charge < -0.3 is 10.1 Å². The fourth-order valence-corrected chi connectivity index (χ4v) is 4.11. The van der Waals surface area contributed by atoms with Gasteiger partial charge in [0.2, 0.25) is 0 Å². The summed E-state index contributed by atoms with van der Waals surface area (Å²) in [7, 11) is 1.79. The maximum atomic E-state index is 5.48. The van der Waals surface area contributed by atoms with E-state index in [0.717, 1.165) is 21.5 Å². The van der Waals surface area contributed by atoms with Crippen LogP contribution in [0, 0.1) is 5.41 Å². The molecule has 3 rings (SSSR count). The monoisotopic (exact) mass is 340 g/mol. The van der Waals surface area contributed by atoms with Crippen LogP contribution in [0.25, 0.3) is 10.2 Å². The van der Waals surface area contributed by atoms with Gasteiger partial charge in [-0.25, -0.2) is 4.98 Å². The van der Waals surface area contributed by atoms with Crippen molar-refractivity contribution < 1.29 is 4.74 Å². The summed E-state index contributed by atoms with van der Waals surface area (Å²) in [5, 5.41) is 4.55. The van der Waals surface area contributed by atoms with Gasteiger partial charge in [-0.1, -0.05) is 41.1 Å². The molecule has 3 nitrogen and oxygen atoms in total. The highest BCUT2D eigenvalue weighted by Gasteiger charge is 2.48. The second-order valence-electron chi connectivity index (χ2n) is 5.61. The van der Waals surface area contributed by atoms with E-state index in [0.29, 0.717) is 12.1 Å². The van der Waals surface area contributed by atoms with Crippen LogP contribution in [0.4, 0.5) is 5.13 Å². The van der Waals surface area contributed by atoms with Crippen LogP contribution < -0.4 is 5.32 Å². The Labute approximate surface area is 125 Å². The first-order valence-corrected chi connectivity index (χ1v) is 7.97. The number of anilines is 1. The molecule has 19 heavy (non-hydrogen) atoms. The molecule has 2 atom stereocenters. The second kappa shape index (κ2) is 4.72. The number of fused-ring (bicyclic) bond motifs is 1. The number of methoxy groups -OCH3 is 1. The number of hydrogen-bond acceptors (Lipinski definition) is 4. The van der Waals surface area contributed by atoms with Gasteiger partial charge in [0.15, 0.2) is 5.13 Å². The molecule has 0 amide bonds. The van der Waals surface area contributed by atoms with E-state index in [1.54, 1.807) is 18.4 Å². The first-order chi connectivity index (χ1) is 9.00. The Hall–Kier alpha value is -0.650. The summed E-state index contributed by atoms with van der Waals surface area (Å²) in [5.74, 6) is 0. The zero-order chi connectivity index (χ0) is 13.6. The molecular formula is C14H17BrN2OS. The van der Waals surface area contributed by atoms with Crippen molar-refractivity contribution in [3.8, 4) is 0 Å². The Morgan fingerprint density at radius 1 is 1.47 bits per heavy atom. The van der Waals surface area contributed by atoms with Crippen LogP contribution in [0.5, 0.6) is 0 Å². The van der Waals surface area contributed by atoms with Gasteiger partial charge in [0.1, 0.15) is 0 Å². The minimum atomic E-state index is 0.160. The van der Waals surface area contributed by atoms with Crippen molar-refractivity contribution in [2.24, 2.45) is 5.41 Å². The number of benzene rings is 1. The number of nitrogens with zero attached hydrogens (tertiary/aromatic N) is 1. The fourth-order valence-electron chi connectivity index (χ4n) is 2.64. The van der Waals surface area contributed by atoms with Crippen LogP contribution in [0.2, 0.25) is 0 Å². The number of hydrogen-bond donors (Lipinski definition) is 1. The van der Waals surface area contributed by atoms with Crippen molar-refractivity contribution in [1.29, 1.82) is 0 Å². The highest BCUT2D eigenvalue weighted by molar-refractivity contribution is 9.10. The first kappa shape index (κ1) is 13.3. The lowest BCUT2D eigenvalue weighted by atomic mass is 9.64. The molecule has 2 unspecified atom stereocenters. The van der Waals surface area contributed by atoms with Crippen molar-refractivity contribution in [3.63, 3.8) is 0 Å². The predicted octanol–water partition coefficient (Wildman–Crippen LogP) is 4.28. The minimum absolute atomic E-state index is 0.160. The van der Waals surface area contributed by atoms with Crippen molar-refractivity contribution in [3.05, 3.63) is 22.7 Å². The lowest BCUT2D eigenvalue weighted by Crippen LogP contribution is -2.57. The Balaban J connectivity index is 1.79. The number of rotatable bonds is 3. The van der Waals surface area contributed by atoms with Crippen molar-refractivity contribution in [2.45, 2.75) is 32.4 Å². The molecule has 1 aromatic carbocycles. The molecule has 0 saturated heterocycles. The molecule has 5 heteroatoms. The summed E-state index contributed by atoms with van der Waals surface area (Å²) in [4.78, 5) is 4.64. The summed E-state index contributed by atoms with van der Waals surface area (Å²) in [6.07, 6.45) is 1.39. The third-order valence-corrected chi connectivity index (χ3v) is 5.55. The summed E-state index contributed by atoms with van der Waals surface area (Å²) in [6, 6.07) is 6.62. The van der Waals surface area contributed by atoms with Crippen LogP contribution in [-0.4, -0.2) is 24.2 Å². The van der Waals surface area contributed by atoms with E-state index in [9.17, 15) is 0 Å². The smallest absolute Gasteiger partial charge is 0.184 e. The second-order valence-corrected chi connectivity index (χ2v) is 7.56. The zero-order valence-corrected chi connectivity index (χ0v) is 13.6. The Morgan fingerprint density at radius 2 is 2.26 bits per heavy atom. The Kier molecular flexibility index (Phi) is 3.31. The molecule has 0 bridgehead atoms. The molecule has 1 N–H and O–H groups in total. The van der Waals surface area contributed by atoms with Crippen LogP contribution in [0.1, 0.15) is 20.3 Å². The normalized spacial score (nSPS) is 25.3. The number of thiazole rings is 1. The highest BCUT2D eigenvalue weighted by atomic mass is 79.9. The lowest BCUT2D eigenvalue weighted by molar-refractivity contribution is -0.0794. The van der Waals surface area contributed by atoms with E-state index in [1.807, 2.05) is 12.1 Å². The number of halogens is 1. The molecule has 0 aliphatic heterocycles. The molecule has 102 valence electrons. The Bertz CT molecular complexity index is 611. The van der Waals surface area contributed by atoms with E-state index >= 15 is 0 Å². The van der Waals surface area contributed by atoms with Gasteiger partial charge in [-0.05, 0) is 24.6 Å². The summed E-state index contributed by atoms with van der Waals surface area (Å²) in [5.41, 5.74) is 1.21. The SMILES string of the molecule is COC1CC(Nc2nc3ccc(Br)cc3s2)C1(C)C. The van der Waals surface area contributed by atoms with Crippen LogP contribution >= 0.6 is 27.3 Å².